The fourth-order valence-corrected chi connectivity index (χ4v) is 2.41. The van der Waals surface area contributed by atoms with E-state index in [0.29, 0.717) is 12.5 Å². The molecule has 2 rings (SSSR count). The Bertz CT molecular complexity index is 423. The van der Waals surface area contributed by atoms with Gasteiger partial charge in [-0.05, 0) is 50.4 Å². The Morgan fingerprint density at radius 2 is 2.22 bits per heavy atom. The molecule has 1 aliphatic rings. The van der Waals surface area contributed by atoms with Gasteiger partial charge in [-0.3, -0.25) is 4.79 Å². The van der Waals surface area contributed by atoms with Crippen LogP contribution in [0.25, 0.3) is 0 Å². The number of nitrogens with one attached hydrogen (secondary N) is 2. The topological polar surface area (TPSA) is 41.1 Å². The van der Waals surface area contributed by atoms with Crippen LogP contribution in [0.3, 0.4) is 0 Å². The number of carbonyl (C=O) groups is 1. The summed E-state index contributed by atoms with van der Waals surface area (Å²) >= 11 is 0. The summed E-state index contributed by atoms with van der Waals surface area (Å²) in [5.74, 6) is 0.114. The summed E-state index contributed by atoms with van der Waals surface area (Å²) in [6, 6.07) is 6.36. The molecule has 1 heterocycles. The lowest BCUT2D eigenvalue weighted by Crippen LogP contribution is -2.37. The van der Waals surface area contributed by atoms with Crippen LogP contribution in [0.2, 0.25) is 0 Å². The molecule has 1 saturated heterocycles. The van der Waals surface area contributed by atoms with Crippen LogP contribution in [0, 0.1) is 13.8 Å². The summed E-state index contributed by atoms with van der Waals surface area (Å²) in [7, 11) is 0. The first-order valence-electron chi connectivity index (χ1n) is 6.76. The zero-order chi connectivity index (χ0) is 13.0. The third-order valence-corrected chi connectivity index (χ3v) is 3.72. The van der Waals surface area contributed by atoms with Crippen LogP contribution in [-0.4, -0.2) is 18.5 Å². The summed E-state index contributed by atoms with van der Waals surface area (Å²) in [6.07, 6.45) is 4.15. The molecule has 0 radical (unpaired) electrons. The molecule has 0 saturated carbocycles. The smallest absolute Gasteiger partial charge is 0.225 e. The van der Waals surface area contributed by atoms with Crippen molar-refractivity contribution >= 4 is 11.6 Å². The minimum Gasteiger partial charge on any atom is -0.326 e. The van der Waals surface area contributed by atoms with Crippen LogP contribution >= 0.6 is 0 Å². The molecule has 2 N–H and O–H groups in total. The Balaban J connectivity index is 1.92. The number of hydrogen-bond acceptors (Lipinski definition) is 2. The number of piperidine rings is 1. The van der Waals surface area contributed by atoms with Crippen molar-refractivity contribution in [2.24, 2.45) is 0 Å². The van der Waals surface area contributed by atoms with Gasteiger partial charge >= 0.3 is 0 Å². The number of hydrogen-bond donors (Lipinski definition) is 2. The van der Waals surface area contributed by atoms with E-state index >= 15 is 0 Å². The van der Waals surface area contributed by atoms with Gasteiger partial charge in [0.2, 0.25) is 5.91 Å². The summed E-state index contributed by atoms with van der Waals surface area (Å²) < 4.78 is 0. The predicted octanol–water partition coefficient (Wildman–Crippen LogP) is 2.77. The first-order valence-corrected chi connectivity index (χ1v) is 6.76. The molecule has 3 heteroatoms. The van der Waals surface area contributed by atoms with E-state index in [1.807, 2.05) is 19.1 Å². The third kappa shape index (κ3) is 3.33. The van der Waals surface area contributed by atoms with Crippen molar-refractivity contribution in [2.75, 3.05) is 11.9 Å². The summed E-state index contributed by atoms with van der Waals surface area (Å²) in [5, 5.41) is 6.42. The number of rotatable bonds is 3. The van der Waals surface area contributed by atoms with E-state index in [9.17, 15) is 4.79 Å². The molecule has 0 aliphatic carbocycles. The lowest BCUT2D eigenvalue weighted by Gasteiger charge is -2.23. The van der Waals surface area contributed by atoms with Gasteiger partial charge in [0.05, 0.1) is 0 Å². The van der Waals surface area contributed by atoms with Crippen molar-refractivity contribution in [3.63, 3.8) is 0 Å². The third-order valence-electron chi connectivity index (χ3n) is 3.72. The minimum atomic E-state index is 0.114. The van der Waals surface area contributed by atoms with E-state index in [1.54, 1.807) is 0 Å². The highest BCUT2D eigenvalue weighted by Gasteiger charge is 2.16. The van der Waals surface area contributed by atoms with Crippen molar-refractivity contribution in [2.45, 2.75) is 45.6 Å². The molecule has 0 spiro atoms. The largest absolute Gasteiger partial charge is 0.326 e. The molecule has 18 heavy (non-hydrogen) atoms. The second-order valence-electron chi connectivity index (χ2n) is 5.15. The minimum absolute atomic E-state index is 0.114. The molecule has 1 aromatic carbocycles. The predicted molar refractivity (Wildman–Crippen MR) is 74.8 cm³/mol. The quantitative estimate of drug-likeness (QED) is 0.861. The van der Waals surface area contributed by atoms with Gasteiger partial charge in [-0.2, -0.15) is 0 Å². The van der Waals surface area contributed by atoms with Crippen LogP contribution in [0.4, 0.5) is 5.69 Å². The molecule has 1 aliphatic heterocycles. The molecule has 1 atom stereocenters. The van der Waals surface area contributed by atoms with E-state index in [-0.39, 0.29) is 5.91 Å². The molecular weight excluding hydrogens is 224 g/mol. The first kappa shape index (κ1) is 13.1. The Hall–Kier alpha value is -1.35. The molecule has 98 valence electrons. The fourth-order valence-electron chi connectivity index (χ4n) is 2.41. The molecule has 0 bridgehead atoms. The average molecular weight is 246 g/mol. The van der Waals surface area contributed by atoms with Gasteiger partial charge in [-0.1, -0.05) is 18.6 Å². The normalized spacial score (nSPS) is 19.6. The van der Waals surface area contributed by atoms with Crippen LogP contribution < -0.4 is 10.6 Å². The second-order valence-corrected chi connectivity index (χ2v) is 5.15. The van der Waals surface area contributed by atoms with Gasteiger partial charge in [0.25, 0.3) is 0 Å². The zero-order valence-corrected chi connectivity index (χ0v) is 11.3. The highest BCUT2D eigenvalue weighted by atomic mass is 16.1. The van der Waals surface area contributed by atoms with Crippen LogP contribution in [0.1, 0.15) is 36.8 Å². The van der Waals surface area contributed by atoms with E-state index in [0.717, 1.165) is 24.2 Å². The molecule has 1 amide bonds. The number of aryl methyl sites for hydroxylation is 1. The first-order chi connectivity index (χ1) is 8.66. The lowest BCUT2D eigenvalue weighted by molar-refractivity contribution is -0.116. The molecule has 1 fully saturated rings. The van der Waals surface area contributed by atoms with Crippen molar-refractivity contribution < 1.29 is 4.79 Å². The van der Waals surface area contributed by atoms with Gasteiger partial charge < -0.3 is 10.6 Å². The Labute approximate surface area is 109 Å². The monoisotopic (exact) mass is 246 g/mol. The number of anilines is 1. The molecule has 1 aromatic rings. The van der Waals surface area contributed by atoms with Gasteiger partial charge in [0, 0.05) is 18.2 Å². The van der Waals surface area contributed by atoms with E-state index < -0.39 is 0 Å². The van der Waals surface area contributed by atoms with Gasteiger partial charge in [0.15, 0.2) is 0 Å². The van der Waals surface area contributed by atoms with E-state index in [4.69, 9.17) is 0 Å². The van der Waals surface area contributed by atoms with Crippen LogP contribution in [0.5, 0.6) is 0 Å². The summed E-state index contributed by atoms with van der Waals surface area (Å²) in [5.41, 5.74) is 3.31. The van der Waals surface area contributed by atoms with Crippen molar-refractivity contribution in [1.82, 2.24) is 5.32 Å². The summed E-state index contributed by atoms with van der Waals surface area (Å²) in [6.45, 7) is 5.15. The zero-order valence-electron chi connectivity index (χ0n) is 11.3. The maximum Gasteiger partial charge on any atom is 0.225 e. The fraction of sp³-hybridized carbons (Fsp3) is 0.533. The number of amides is 1. The maximum absolute atomic E-state index is 12.0. The molecule has 3 nitrogen and oxygen atoms in total. The summed E-state index contributed by atoms with van der Waals surface area (Å²) in [4.78, 5) is 12.0. The maximum atomic E-state index is 12.0. The highest BCUT2D eigenvalue weighted by molar-refractivity contribution is 5.92. The van der Waals surface area contributed by atoms with Crippen molar-refractivity contribution in [3.8, 4) is 0 Å². The van der Waals surface area contributed by atoms with Crippen molar-refractivity contribution in [1.29, 1.82) is 0 Å². The molecule has 0 aromatic heterocycles. The second kappa shape index (κ2) is 6.01. The Morgan fingerprint density at radius 3 is 2.94 bits per heavy atom. The number of carbonyl (C=O) groups excluding carboxylic acids is 1. The Morgan fingerprint density at radius 1 is 1.39 bits per heavy atom. The molecule has 1 unspecified atom stereocenters. The highest BCUT2D eigenvalue weighted by Crippen LogP contribution is 2.19. The Kier molecular flexibility index (Phi) is 4.37. The lowest BCUT2D eigenvalue weighted by atomic mass is 10.0. The van der Waals surface area contributed by atoms with E-state index in [2.05, 4.69) is 23.6 Å². The standard InChI is InChI=1S/C15H22N2O/c1-11-6-5-8-14(12(11)2)17-15(18)10-13-7-3-4-9-16-13/h5-6,8,13,16H,3-4,7,9-10H2,1-2H3,(H,17,18). The van der Waals surface area contributed by atoms with E-state index in [1.165, 1.54) is 18.4 Å². The average Bonchev–Trinajstić information content (AvgIpc) is 2.36. The number of benzene rings is 1. The molecular formula is C15H22N2O. The van der Waals surface area contributed by atoms with Crippen LogP contribution in [0.15, 0.2) is 18.2 Å². The van der Waals surface area contributed by atoms with Crippen molar-refractivity contribution in [3.05, 3.63) is 29.3 Å². The van der Waals surface area contributed by atoms with Gasteiger partial charge in [-0.15, -0.1) is 0 Å². The SMILES string of the molecule is Cc1cccc(NC(=O)CC2CCCCN2)c1C. The van der Waals surface area contributed by atoms with Crippen LogP contribution in [-0.2, 0) is 4.79 Å². The van der Waals surface area contributed by atoms with Gasteiger partial charge in [0.1, 0.15) is 0 Å². The van der Waals surface area contributed by atoms with Gasteiger partial charge in [-0.25, -0.2) is 0 Å².